The number of amides is 1. The van der Waals surface area contributed by atoms with Gasteiger partial charge in [0.25, 0.3) is 0 Å². The van der Waals surface area contributed by atoms with Crippen molar-refractivity contribution in [3.8, 4) is 11.3 Å². The van der Waals surface area contributed by atoms with Crippen LogP contribution in [0.1, 0.15) is 12.5 Å². The van der Waals surface area contributed by atoms with E-state index < -0.39 is 0 Å². The van der Waals surface area contributed by atoms with Crippen LogP contribution in [0.5, 0.6) is 0 Å². The van der Waals surface area contributed by atoms with Gasteiger partial charge in [0.1, 0.15) is 12.2 Å². The highest BCUT2D eigenvalue weighted by atomic mass is 16.2. The topological polar surface area (TPSA) is 56.0 Å². The molecule has 6 heteroatoms. The van der Waals surface area contributed by atoms with Gasteiger partial charge < -0.3 is 9.47 Å². The van der Waals surface area contributed by atoms with Gasteiger partial charge in [-0.05, 0) is 18.6 Å². The first-order valence-corrected chi connectivity index (χ1v) is 8.15. The Bertz CT molecular complexity index is 809. The maximum atomic E-state index is 12.4. The molecule has 1 aliphatic rings. The zero-order valence-electron chi connectivity index (χ0n) is 13.3. The van der Waals surface area contributed by atoms with Gasteiger partial charge in [-0.1, -0.05) is 35.5 Å². The van der Waals surface area contributed by atoms with E-state index in [1.807, 2.05) is 75.2 Å². The van der Waals surface area contributed by atoms with Gasteiger partial charge in [0.2, 0.25) is 5.91 Å². The van der Waals surface area contributed by atoms with Crippen molar-refractivity contribution < 1.29 is 4.79 Å². The maximum absolute atomic E-state index is 12.4. The lowest BCUT2D eigenvalue weighted by atomic mass is 10.2. The van der Waals surface area contributed by atoms with Crippen LogP contribution in [0.2, 0.25) is 0 Å². The minimum absolute atomic E-state index is 0.150. The number of hydrogen-bond donors (Lipinski definition) is 0. The highest BCUT2D eigenvalue weighted by Crippen LogP contribution is 2.23. The molecule has 1 fully saturated rings. The largest absolute Gasteiger partial charge is 0.345 e. The van der Waals surface area contributed by atoms with Crippen molar-refractivity contribution >= 4 is 5.91 Å². The fourth-order valence-electron chi connectivity index (χ4n) is 3.11. The summed E-state index contributed by atoms with van der Waals surface area (Å²) in [7, 11) is 0. The molecule has 4 rings (SSSR count). The lowest BCUT2D eigenvalue weighted by molar-refractivity contribution is -0.130. The smallest absolute Gasteiger partial charge is 0.242 e. The standard InChI is InChI=1S/C18H19N5O/c24-18(14-21-9-4-5-10-21)22-11-8-16(12-22)23-13-17(19-20-23)15-6-2-1-3-7-15/h1-7,9-10,13,16H,8,11-12,14H2/t16-/m1/s1. The predicted octanol–water partition coefficient (Wildman–Crippen LogP) is 2.22. The maximum Gasteiger partial charge on any atom is 0.242 e. The number of nitrogens with zero attached hydrogens (tertiary/aromatic N) is 5. The van der Waals surface area contributed by atoms with Gasteiger partial charge >= 0.3 is 0 Å². The van der Waals surface area contributed by atoms with Crippen LogP contribution in [0.15, 0.2) is 61.1 Å². The Labute approximate surface area is 140 Å². The average molecular weight is 321 g/mol. The van der Waals surface area contributed by atoms with Gasteiger partial charge in [-0.3, -0.25) is 4.79 Å². The molecular formula is C18H19N5O. The Morgan fingerprint density at radius 3 is 2.71 bits per heavy atom. The number of carbonyl (C=O) groups excluding carboxylic acids is 1. The Morgan fingerprint density at radius 1 is 1.12 bits per heavy atom. The summed E-state index contributed by atoms with van der Waals surface area (Å²) in [6.45, 7) is 1.86. The number of likely N-dealkylation sites (tertiary alicyclic amines) is 1. The highest BCUT2D eigenvalue weighted by molar-refractivity contribution is 5.76. The third-order valence-electron chi connectivity index (χ3n) is 4.45. The Balaban J connectivity index is 1.42. The number of aromatic nitrogens is 4. The molecule has 3 aromatic rings. The van der Waals surface area contributed by atoms with Gasteiger partial charge in [-0.25, -0.2) is 4.68 Å². The summed E-state index contributed by atoms with van der Waals surface area (Å²) in [5, 5.41) is 8.53. The molecular weight excluding hydrogens is 302 g/mol. The van der Waals surface area contributed by atoms with Gasteiger partial charge in [0, 0.05) is 31.0 Å². The minimum Gasteiger partial charge on any atom is -0.345 e. The van der Waals surface area contributed by atoms with Crippen LogP contribution in [0.25, 0.3) is 11.3 Å². The van der Waals surface area contributed by atoms with Crippen molar-refractivity contribution in [2.24, 2.45) is 0 Å². The van der Waals surface area contributed by atoms with Crippen LogP contribution in [0, 0.1) is 0 Å². The molecule has 0 N–H and O–H groups in total. The minimum atomic E-state index is 0.150. The summed E-state index contributed by atoms with van der Waals surface area (Å²) in [6.07, 6.45) is 6.71. The SMILES string of the molecule is O=C(Cn1cccc1)N1CC[C@@H](n2cc(-c3ccccc3)nn2)C1. The lowest BCUT2D eigenvalue weighted by Gasteiger charge is -2.16. The second-order valence-corrected chi connectivity index (χ2v) is 6.09. The molecule has 1 atom stereocenters. The van der Waals surface area contributed by atoms with Gasteiger partial charge in [-0.2, -0.15) is 0 Å². The van der Waals surface area contributed by atoms with E-state index in [0.29, 0.717) is 13.1 Å². The van der Waals surface area contributed by atoms with Crippen molar-refractivity contribution in [1.82, 2.24) is 24.5 Å². The number of hydrogen-bond acceptors (Lipinski definition) is 3. The number of rotatable bonds is 4. The number of carbonyl (C=O) groups is 1. The molecule has 1 aliphatic heterocycles. The summed E-state index contributed by atoms with van der Waals surface area (Å²) in [5.74, 6) is 0.150. The highest BCUT2D eigenvalue weighted by Gasteiger charge is 2.28. The molecule has 0 aliphatic carbocycles. The molecule has 0 saturated carbocycles. The van der Waals surface area contributed by atoms with Crippen LogP contribution in [-0.4, -0.2) is 43.5 Å². The summed E-state index contributed by atoms with van der Waals surface area (Å²) in [5.41, 5.74) is 1.93. The summed E-state index contributed by atoms with van der Waals surface area (Å²) in [4.78, 5) is 14.3. The van der Waals surface area contributed by atoms with Gasteiger partial charge in [0.05, 0.1) is 12.2 Å². The van der Waals surface area contributed by atoms with E-state index in [-0.39, 0.29) is 11.9 Å². The molecule has 122 valence electrons. The molecule has 2 aromatic heterocycles. The van der Waals surface area contributed by atoms with Crippen LogP contribution in [0.4, 0.5) is 0 Å². The summed E-state index contributed by atoms with van der Waals surface area (Å²) >= 11 is 0. The molecule has 6 nitrogen and oxygen atoms in total. The van der Waals surface area contributed by atoms with Crippen molar-refractivity contribution in [1.29, 1.82) is 0 Å². The van der Waals surface area contributed by atoms with Crippen molar-refractivity contribution in [2.75, 3.05) is 13.1 Å². The van der Waals surface area contributed by atoms with Crippen LogP contribution >= 0.6 is 0 Å². The first-order chi connectivity index (χ1) is 11.8. The summed E-state index contributed by atoms with van der Waals surface area (Å²) < 4.78 is 3.80. The first-order valence-electron chi connectivity index (χ1n) is 8.15. The first kappa shape index (κ1) is 14.7. The average Bonchev–Trinajstić information content (AvgIpc) is 3.36. The fourth-order valence-corrected chi connectivity index (χ4v) is 3.11. The third kappa shape index (κ3) is 2.95. The molecule has 1 saturated heterocycles. The Hall–Kier alpha value is -2.89. The normalized spacial score (nSPS) is 17.3. The molecule has 0 bridgehead atoms. The van der Waals surface area contributed by atoms with Crippen LogP contribution in [-0.2, 0) is 11.3 Å². The van der Waals surface area contributed by atoms with E-state index in [2.05, 4.69) is 10.3 Å². The van der Waals surface area contributed by atoms with Crippen molar-refractivity contribution in [2.45, 2.75) is 19.0 Å². The third-order valence-corrected chi connectivity index (χ3v) is 4.45. The molecule has 1 amide bonds. The monoisotopic (exact) mass is 321 g/mol. The van der Waals surface area contributed by atoms with Crippen molar-refractivity contribution in [3.63, 3.8) is 0 Å². The van der Waals surface area contributed by atoms with Crippen LogP contribution < -0.4 is 0 Å². The molecule has 0 spiro atoms. The lowest BCUT2D eigenvalue weighted by Crippen LogP contribution is -2.32. The van der Waals surface area contributed by atoms with Crippen LogP contribution in [0.3, 0.4) is 0 Å². The zero-order valence-corrected chi connectivity index (χ0v) is 13.3. The van der Waals surface area contributed by atoms with E-state index in [1.165, 1.54) is 0 Å². The molecule has 24 heavy (non-hydrogen) atoms. The van der Waals surface area contributed by atoms with E-state index in [1.54, 1.807) is 0 Å². The zero-order chi connectivity index (χ0) is 16.4. The Morgan fingerprint density at radius 2 is 1.92 bits per heavy atom. The van der Waals surface area contributed by atoms with E-state index >= 15 is 0 Å². The Kier molecular flexibility index (Phi) is 3.86. The number of benzene rings is 1. The predicted molar refractivity (Wildman–Crippen MR) is 90.1 cm³/mol. The molecule has 0 radical (unpaired) electrons. The van der Waals surface area contributed by atoms with E-state index in [9.17, 15) is 4.79 Å². The molecule has 1 aromatic carbocycles. The van der Waals surface area contributed by atoms with E-state index in [0.717, 1.165) is 24.2 Å². The van der Waals surface area contributed by atoms with Gasteiger partial charge in [0.15, 0.2) is 0 Å². The van der Waals surface area contributed by atoms with Gasteiger partial charge in [-0.15, -0.1) is 5.10 Å². The fraction of sp³-hybridized carbons (Fsp3) is 0.278. The molecule has 3 heterocycles. The second-order valence-electron chi connectivity index (χ2n) is 6.09. The quantitative estimate of drug-likeness (QED) is 0.740. The molecule has 0 unspecified atom stereocenters. The van der Waals surface area contributed by atoms with E-state index in [4.69, 9.17) is 0 Å². The second kappa shape index (κ2) is 6.31. The summed E-state index contributed by atoms with van der Waals surface area (Å²) in [6, 6.07) is 14.1. The van der Waals surface area contributed by atoms with Crippen molar-refractivity contribution in [3.05, 3.63) is 61.1 Å².